The smallest absolute Gasteiger partial charge is 0.444 e. The van der Waals surface area contributed by atoms with Crippen molar-refractivity contribution in [3.8, 4) is 0 Å². The van der Waals surface area contributed by atoms with E-state index in [2.05, 4.69) is 24.3 Å². The predicted molar refractivity (Wildman–Crippen MR) is 208 cm³/mol. The van der Waals surface area contributed by atoms with Gasteiger partial charge in [-0.2, -0.15) is 0 Å². The standard InChI is InChI=1S/C23H42N2O11.C7H13NO4.C5H9NO4.ClH/c1-22(2,3)35-20(28)25(21(29)36-23(4,5)6)34-14-13-33-12-11-32-10-9-24-17(15-18(26)30-7)16-19(27)31-8;1-11-6(9)3-5(8)4-7(10)12-2;6-3(1-4(7)8)2-5(9)10;/h17,24H,9-16H2,1-8H3;5H,3-4,8H2,1-2H3;3H,1-2,6H2,(H,7,8)(H,9,10);1H. The maximum absolute atomic E-state index is 12.3. The Morgan fingerprint density at radius 2 is 0.864 bits per heavy atom. The molecule has 0 aromatic rings. The van der Waals surface area contributed by atoms with Crippen LogP contribution in [0.25, 0.3) is 0 Å². The molecule has 0 aliphatic rings. The van der Waals surface area contributed by atoms with Crippen molar-refractivity contribution in [2.24, 2.45) is 11.5 Å². The number of halogens is 1. The van der Waals surface area contributed by atoms with E-state index in [0.29, 0.717) is 18.2 Å². The summed E-state index contributed by atoms with van der Waals surface area (Å²) in [5.41, 5.74) is 8.88. The first-order valence-corrected chi connectivity index (χ1v) is 17.8. The van der Waals surface area contributed by atoms with Crippen LogP contribution < -0.4 is 16.8 Å². The first-order valence-electron chi connectivity index (χ1n) is 17.8. The molecule has 0 aromatic carbocycles. The summed E-state index contributed by atoms with van der Waals surface area (Å²) in [7, 11) is 5.09. The van der Waals surface area contributed by atoms with Crippen LogP contribution in [0.4, 0.5) is 9.59 Å². The molecule has 0 bridgehead atoms. The highest BCUT2D eigenvalue weighted by Gasteiger charge is 2.32. The van der Waals surface area contributed by atoms with E-state index in [1.165, 1.54) is 28.4 Å². The number of rotatable bonds is 23. The van der Waals surface area contributed by atoms with E-state index in [1.807, 2.05) is 0 Å². The van der Waals surface area contributed by atoms with E-state index in [4.69, 9.17) is 45.5 Å². The second-order valence-corrected chi connectivity index (χ2v) is 13.8. The quantitative estimate of drug-likeness (QED) is 0.0418. The van der Waals surface area contributed by atoms with Gasteiger partial charge in [0.05, 0.1) is 100.0 Å². The van der Waals surface area contributed by atoms with Gasteiger partial charge in [-0.3, -0.25) is 33.6 Å². The number of carboxylic acids is 2. The monoisotopic (exact) mass is 880 g/mol. The molecule has 2 amide bonds. The Balaban J connectivity index is -0.000000533. The van der Waals surface area contributed by atoms with Gasteiger partial charge in [-0.15, -0.1) is 12.4 Å². The van der Waals surface area contributed by atoms with Gasteiger partial charge < -0.3 is 64.9 Å². The highest BCUT2D eigenvalue weighted by Crippen LogP contribution is 2.15. The van der Waals surface area contributed by atoms with Gasteiger partial charge in [0, 0.05) is 24.7 Å². The summed E-state index contributed by atoms with van der Waals surface area (Å²) in [4.78, 5) is 93.9. The summed E-state index contributed by atoms with van der Waals surface area (Å²) in [6.07, 6.45) is -2.47. The fraction of sp³-hybridized carbons (Fsp3) is 0.771. The first-order chi connectivity index (χ1) is 26.8. The van der Waals surface area contributed by atoms with Crippen molar-refractivity contribution in [3.63, 3.8) is 0 Å². The van der Waals surface area contributed by atoms with Crippen molar-refractivity contribution in [1.82, 2.24) is 10.4 Å². The van der Waals surface area contributed by atoms with Gasteiger partial charge >= 0.3 is 48.0 Å². The average molecular weight is 881 g/mol. The van der Waals surface area contributed by atoms with Crippen LogP contribution in [-0.2, 0) is 71.5 Å². The third-order valence-corrected chi connectivity index (χ3v) is 6.09. The number of hydrogen-bond acceptors (Lipinski definition) is 20. The number of nitrogens with two attached hydrogens (primary N) is 2. The highest BCUT2D eigenvalue weighted by molar-refractivity contribution is 5.86. The lowest BCUT2D eigenvalue weighted by Crippen LogP contribution is -2.44. The van der Waals surface area contributed by atoms with Crippen LogP contribution in [0.5, 0.6) is 0 Å². The Kier molecular flexibility index (Phi) is 35.8. The van der Waals surface area contributed by atoms with Crippen LogP contribution in [0.2, 0.25) is 0 Å². The lowest BCUT2D eigenvalue weighted by Gasteiger charge is -2.27. The average Bonchev–Trinajstić information content (AvgIpc) is 3.08. The predicted octanol–water partition coefficient (Wildman–Crippen LogP) is 1.33. The molecule has 7 N–H and O–H groups in total. The summed E-state index contributed by atoms with van der Waals surface area (Å²) in [5, 5.41) is 19.7. The van der Waals surface area contributed by atoms with Crippen molar-refractivity contribution < 1.29 is 91.3 Å². The number of methoxy groups -OCH3 is 4. The minimum absolute atomic E-state index is 0. The highest BCUT2D eigenvalue weighted by atomic mass is 35.5. The molecule has 24 heteroatoms. The van der Waals surface area contributed by atoms with Crippen LogP contribution in [0.1, 0.15) is 80.1 Å². The topological polar surface area (TPSA) is 327 Å². The molecule has 346 valence electrons. The van der Waals surface area contributed by atoms with Crippen molar-refractivity contribution in [2.45, 2.75) is 109 Å². The number of hydrogen-bond donors (Lipinski definition) is 5. The van der Waals surface area contributed by atoms with E-state index < -0.39 is 77.3 Å². The van der Waals surface area contributed by atoms with Crippen molar-refractivity contribution in [2.75, 3.05) is 68.0 Å². The molecule has 0 aliphatic heterocycles. The molecule has 0 aromatic heterocycles. The van der Waals surface area contributed by atoms with Crippen LogP contribution in [-0.4, -0.2) is 161 Å². The zero-order chi connectivity index (χ0) is 45.5. The molecule has 23 nitrogen and oxygen atoms in total. The molecule has 0 unspecified atom stereocenters. The molecule has 0 fully saturated rings. The molecular formula is C35H65ClN4O19. The number of ether oxygens (including phenoxy) is 8. The number of carboxylic acid groups (broad SMARTS) is 2. The zero-order valence-corrected chi connectivity index (χ0v) is 36.4. The maximum Gasteiger partial charge on any atom is 0.444 e. The van der Waals surface area contributed by atoms with Gasteiger partial charge in [0.15, 0.2) is 0 Å². The Bertz CT molecular complexity index is 1180. The maximum atomic E-state index is 12.3. The Morgan fingerprint density at radius 1 is 0.542 bits per heavy atom. The molecule has 0 spiro atoms. The molecule has 0 saturated carbocycles. The number of imide groups is 1. The number of nitrogens with zero attached hydrogens (tertiary/aromatic N) is 1. The summed E-state index contributed by atoms with van der Waals surface area (Å²) in [6.45, 7) is 11.1. The third kappa shape index (κ3) is 41.6. The van der Waals surface area contributed by atoms with E-state index in [1.54, 1.807) is 41.5 Å². The molecule has 0 radical (unpaired) electrons. The second kappa shape index (κ2) is 34.5. The molecule has 0 aliphatic carbocycles. The Morgan fingerprint density at radius 3 is 1.20 bits per heavy atom. The summed E-state index contributed by atoms with van der Waals surface area (Å²) < 4.78 is 39.2. The summed E-state index contributed by atoms with van der Waals surface area (Å²) >= 11 is 0. The van der Waals surface area contributed by atoms with Gasteiger partial charge in [0.2, 0.25) is 0 Å². The minimum atomic E-state index is -1.08. The molecule has 59 heavy (non-hydrogen) atoms. The Labute approximate surface area is 350 Å². The van der Waals surface area contributed by atoms with Crippen molar-refractivity contribution in [1.29, 1.82) is 0 Å². The van der Waals surface area contributed by atoms with Crippen LogP contribution >= 0.6 is 12.4 Å². The van der Waals surface area contributed by atoms with Crippen LogP contribution in [0.15, 0.2) is 0 Å². The fourth-order valence-electron chi connectivity index (χ4n) is 3.60. The number of nitrogens with one attached hydrogen (secondary N) is 1. The largest absolute Gasteiger partial charge is 0.481 e. The third-order valence-electron chi connectivity index (χ3n) is 6.09. The molecule has 0 heterocycles. The van der Waals surface area contributed by atoms with Gasteiger partial charge in [-0.25, -0.2) is 9.59 Å². The van der Waals surface area contributed by atoms with E-state index >= 15 is 0 Å². The lowest BCUT2D eigenvalue weighted by atomic mass is 10.1. The summed E-state index contributed by atoms with van der Waals surface area (Å²) in [6, 6.07) is -1.74. The van der Waals surface area contributed by atoms with Crippen LogP contribution in [0.3, 0.4) is 0 Å². The number of esters is 4. The minimum Gasteiger partial charge on any atom is -0.481 e. The normalized spacial score (nSPS) is 10.8. The fourth-order valence-corrected chi connectivity index (χ4v) is 3.60. The molecule has 0 atom stereocenters. The number of carbonyl (C=O) groups is 8. The van der Waals surface area contributed by atoms with E-state index in [0.717, 1.165) is 0 Å². The van der Waals surface area contributed by atoms with E-state index in [9.17, 15) is 38.4 Å². The molecular weight excluding hydrogens is 816 g/mol. The van der Waals surface area contributed by atoms with Crippen molar-refractivity contribution in [3.05, 3.63) is 0 Å². The number of hydroxylamine groups is 2. The second-order valence-electron chi connectivity index (χ2n) is 13.8. The zero-order valence-electron chi connectivity index (χ0n) is 35.6. The van der Waals surface area contributed by atoms with Crippen molar-refractivity contribution >= 4 is 60.4 Å². The molecule has 0 rings (SSSR count). The number of aliphatic carboxylic acids is 2. The molecule has 0 saturated heterocycles. The van der Waals surface area contributed by atoms with Gasteiger partial charge in [-0.1, -0.05) is 5.06 Å². The SMILES string of the molecule is COC(=O)CC(CC(=O)OC)NCCOCCOCCON(C(=O)OC(C)(C)C)C(=O)OC(C)(C)C.COC(=O)CC(N)CC(=O)OC.Cl.NC(CC(=O)O)CC(=O)O. The summed E-state index contributed by atoms with van der Waals surface area (Å²) in [5.74, 6) is -3.88. The van der Waals surface area contributed by atoms with Gasteiger partial charge in [-0.05, 0) is 41.5 Å². The van der Waals surface area contributed by atoms with E-state index in [-0.39, 0.29) is 77.4 Å². The van der Waals surface area contributed by atoms with Gasteiger partial charge in [0.25, 0.3) is 0 Å². The first kappa shape index (κ1) is 61.3. The number of amides is 2. The Hall–Kier alpha value is -4.39. The van der Waals surface area contributed by atoms with Crippen LogP contribution in [0, 0.1) is 0 Å². The number of carbonyl (C=O) groups excluding carboxylic acids is 6. The van der Waals surface area contributed by atoms with Gasteiger partial charge in [0.1, 0.15) is 11.2 Å². The lowest BCUT2D eigenvalue weighted by molar-refractivity contribution is -0.148.